The maximum Gasteiger partial charge on any atom is 0.106 e. The van der Waals surface area contributed by atoms with Gasteiger partial charge in [-0.2, -0.15) is 0 Å². The van der Waals surface area contributed by atoms with Crippen LogP contribution < -0.4 is 5.32 Å². The first-order valence-electron chi connectivity index (χ1n) is 7.24. The van der Waals surface area contributed by atoms with Crippen molar-refractivity contribution in [2.24, 2.45) is 0 Å². The van der Waals surface area contributed by atoms with E-state index in [-0.39, 0.29) is 0 Å². The van der Waals surface area contributed by atoms with Crippen molar-refractivity contribution in [2.45, 2.75) is 46.7 Å². The van der Waals surface area contributed by atoms with E-state index in [0.29, 0.717) is 0 Å². The molecule has 1 N–H and O–H groups in total. The van der Waals surface area contributed by atoms with Gasteiger partial charge in [0.25, 0.3) is 0 Å². The third-order valence-corrected chi connectivity index (χ3v) is 3.93. The van der Waals surface area contributed by atoms with Gasteiger partial charge in [0.05, 0.1) is 5.69 Å². The number of aryl methyl sites for hydroxylation is 1. The van der Waals surface area contributed by atoms with E-state index in [4.69, 9.17) is 0 Å². The van der Waals surface area contributed by atoms with Gasteiger partial charge >= 0.3 is 0 Å². The van der Waals surface area contributed by atoms with Crippen LogP contribution in [0.25, 0.3) is 0 Å². The highest BCUT2D eigenvalue weighted by Crippen LogP contribution is 2.16. The molecule has 0 saturated heterocycles. The molecular formula is C14H26N4. The van der Waals surface area contributed by atoms with Gasteiger partial charge in [-0.3, -0.25) is 0 Å². The highest BCUT2D eigenvalue weighted by atomic mass is 15.1. The van der Waals surface area contributed by atoms with Crippen LogP contribution in [0, 0.1) is 6.92 Å². The second-order valence-corrected chi connectivity index (χ2v) is 5.01. The minimum Gasteiger partial charge on any atom is -0.332 e. The number of aromatic nitrogens is 2. The Morgan fingerprint density at radius 1 is 1.33 bits per heavy atom. The molecule has 102 valence electrons. The number of hydrogen-bond donors (Lipinski definition) is 1. The van der Waals surface area contributed by atoms with E-state index in [0.717, 1.165) is 39.1 Å². The van der Waals surface area contributed by atoms with Gasteiger partial charge in [-0.05, 0) is 33.0 Å². The molecule has 0 amide bonds. The third kappa shape index (κ3) is 2.93. The first kappa shape index (κ1) is 13.6. The Kier molecular flexibility index (Phi) is 4.78. The summed E-state index contributed by atoms with van der Waals surface area (Å²) in [5, 5.41) is 3.39. The summed E-state index contributed by atoms with van der Waals surface area (Å²) in [7, 11) is 0. The predicted octanol–water partition coefficient (Wildman–Crippen LogP) is 1.57. The Labute approximate surface area is 110 Å². The van der Waals surface area contributed by atoms with Gasteiger partial charge in [0.1, 0.15) is 5.82 Å². The Balaban J connectivity index is 1.95. The molecule has 0 spiro atoms. The number of fused-ring (bicyclic) bond motifs is 1. The van der Waals surface area contributed by atoms with Crippen LogP contribution >= 0.6 is 0 Å². The van der Waals surface area contributed by atoms with Crippen LogP contribution in [0.3, 0.4) is 0 Å². The SMILES string of the molecule is CCN(CC)CCCn1c(C)nc2c1CCNC2. The quantitative estimate of drug-likeness (QED) is 0.832. The second-order valence-electron chi connectivity index (χ2n) is 5.01. The summed E-state index contributed by atoms with van der Waals surface area (Å²) >= 11 is 0. The number of rotatable bonds is 6. The minimum atomic E-state index is 0.944. The normalized spacial score (nSPS) is 15.1. The molecule has 0 fully saturated rings. The van der Waals surface area contributed by atoms with Crippen LogP contribution in [0.4, 0.5) is 0 Å². The zero-order valence-corrected chi connectivity index (χ0v) is 12.0. The van der Waals surface area contributed by atoms with Crippen molar-refractivity contribution in [1.82, 2.24) is 19.8 Å². The number of imidazole rings is 1. The maximum absolute atomic E-state index is 4.68. The fraction of sp³-hybridized carbons (Fsp3) is 0.786. The Hall–Kier alpha value is -0.870. The van der Waals surface area contributed by atoms with Gasteiger partial charge in [0.15, 0.2) is 0 Å². The summed E-state index contributed by atoms with van der Waals surface area (Å²) in [5.74, 6) is 1.18. The fourth-order valence-corrected chi connectivity index (χ4v) is 2.79. The standard InChI is InChI=1S/C14H26N4/c1-4-17(5-2)9-6-10-18-12(3)16-13-11-15-8-7-14(13)18/h15H,4-11H2,1-3H3. The summed E-state index contributed by atoms with van der Waals surface area (Å²) in [6, 6.07) is 0. The van der Waals surface area contributed by atoms with Crippen molar-refractivity contribution < 1.29 is 0 Å². The van der Waals surface area contributed by atoms with E-state index in [9.17, 15) is 0 Å². The van der Waals surface area contributed by atoms with E-state index in [1.165, 1.54) is 30.2 Å². The molecule has 0 saturated carbocycles. The maximum atomic E-state index is 4.68. The lowest BCUT2D eigenvalue weighted by Crippen LogP contribution is -2.27. The van der Waals surface area contributed by atoms with Crippen molar-refractivity contribution in [3.8, 4) is 0 Å². The first-order chi connectivity index (χ1) is 8.76. The van der Waals surface area contributed by atoms with Crippen molar-refractivity contribution in [2.75, 3.05) is 26.2 Å². The Morgan fingerprint density at radius 2 is 2.11 bits per heavy atom. The van der Waals surface area contributed by atoms with Crippen LogP contribution in [-0.2, 0) is 19.5 Å². The molecule has 18 heavy (non-hydrogen) atoms. The molecule has 0 unspecified atom stereocenters. The summed E-state index contributed by atoms with van der Waals surface area (Å²) in [5.41, 5.74) is 2.73. The zero-order valence-electron chi connectivity index (χ0n) is 12.0. The summed E-state index contributed by atoms with van der Waals surface area (Å²) < 4.78 is 2.43. The van der Waals surface area contributed by atoms with Gasteiger partial charge in [-0.1, -0.05) is 13.8 Å². The fourth-order valence-electron chi connectivity index (χ4n) is 2.79. The molecule has 1 aromatic rings. The average molecular weight is 250 g/mol. The van der Waals surface area contributed by atoms with Crippen molar-refractivity contribution >= 4 is 0 Å². The summed E-state index contributed by atoms with van der Waals surface area (Å²) in [4.78, 5) is 7.16. The van der Waals surface area contributed by atoms with Crippen LogP contribution in [0.2, 0.25) is 0 Å². The minimum absolute atomic E-state index is 0.944. The average Bonchev–Trinajstić information content (AvgIpc) is 2.71. The third-order valence-electron chi connectivity index (χ3n) is 3.93. The van der Waals surface area contributed by atoms with Gasteiger partial charge in [0, 0.05) is 31.7 Å². The second kappa shape index (κ2) is 6.34. The van der Waals surface area contributed by atoms with E-state index in [1.807, 2.05) is 0 Å². The smallest absolute Gasteiger partial charge is 0.106 e. The van der Waals surface area contributed by atoms with E-state index >= 15 is 0 Å². The first-order valence-corrected chi connectivity index (χ1v) is 7.24. The summed E-state index contributed by atoms with van der Waals surface area (Å²) in [6.45, 7) is 13.3. The van der Waals surface area contributed by atoms with E-state index < -0.39 is 0 Å². The van der Waals surface area contributed by atoms with Gasteiger partial charge in [-0.15, -0.1) is 0 Å². The Bertz CT molecular complexity index is 379. The van der Waals surface area contributed by atoms with Crippen molar-refractivity contribution in [3.05, 3.63) is 17.2 Å². The lowest BCUT2D eigenvalue weighted by Gasteiger charge is -2.19. The molecule has 0 radical (unpaired) electrons. The van der Waals surface area contributed by atoms with Gasteiger partial charge < -0.3 is 14.8 Å². The summed E-state index contributed by atoms with van der Waals surface area (Å²) in [6.07, 6.45) is 2.35. The van der Waals surface area contributed by atoms with Crippen LogP contribution in [0.15, 0.2) is 0 Å². The molecule has 4 heteroatoms. The van der Waals surface area contributed by atoms with Crippen LogP contribution in [0.1, 0.15) is 37.5 Å². The molecule has 1 aliphatic rings. The van der Waals surface area contributed by atoms with Crippen LogP contribution in [0.5, 0.6) is 0 Å². The molecule has 0 aliphatic carbocycles. The Morgan fingerprint density at radius 3 is 2.83 bits per heavy atom. The zero-order chi connectivity index (χ0) is 13.0. The number of hydrogen-bond acceptors (Lipinski definition) is 3. The van der Waals surface area contributed by atoms with Gasteiger partial charge in [0.2, 0.25) is 0 Å². The molecule has 0 bridgehead atoms. The monoisotopic (exact) mass is 250 g/mol. The lowest BCUT2D eigenvalue weighted by molar-refractivity contribution is 0.292. The topological polar surface area (TPSA) is 33.1 Å². The molecule has 4 nitrogen and oxygen atoms in total. The molecule has 1 aromatic heterocycles. The molecule has 2 rings (SSSR count). The number of nitrogens with zero attached hydrogens (tertiary/aromatic N) is 3. The highest BCUT2D eigenvalue weighted by molar-refractivity contribution is 5.19. The van der Waals surface area contributed by atoms with Gasteiger partial charge in [-0.25, -0.2) is 4.98 Å². The molecule has 0 aromatic carbocycles. The lowest BCUT2D eigenvalue weighted by atomic mass is 10.2. The molecular weight excluding hydrogens is 224 g/mol. The molecule has 2 heterocycles. The molecule has 0 atom stereocenters. The number of nitrogens with one attached hydrogen (secondary N) is 1. The molecule has 1 aliphatic heterocycles. The largest absolute Gasteiger partial charge is 0.332 e. The highest BCUT2D eigenvalue weighted by Gasteiger charge is 2.17. The predicted molar refractivity (Wildman–Crippen MR) is 74.8 cm³/mol. The van der Waals surface area contributed by atoms with Crippen molar-refractivity contribution in [3.63, 3.8) is 0 Å². The van der Waals surface area contributed by atoms with E-state index in [2.05, 4.69) is 40.5 Å². The van der Waals surface area contributed by atoms with E-state index in [1.54, 1.807) is 0 Å². The van der Waals surface area contributed by atoms with Crippen LogP contribution in [-0.4, -0.2) is 40.6 Å². The van der Waals surface area contributed by atoms with Crippen molar-refractivity contribution in [1.29, 1.82) is 0 Å².